The van der Waals surface area contributed by atoms with Crippen LogP contribution in [0.2, 0.25) is 0 Å². The van der Waals surface area contributed by atoms with Gasteiger partial charge in [0.25, 0.3) is 0 Å². The highest BCUT2D eigenvalue weighted by Crippen LogP contribution is 2.48. The molecule has 1 aliphatic rings. The summed E-state index contributed by atoms with van der Waals surface area (Å²) in [5, 5.41) is 3.01. The minimum absolute atomic E-state index is 0.0284. The molecule has 0 aromatic heterocycles. The smallest absolute Gasteiger partial charge is 0.455 e. The molecule has 3 aromatic rings. The molecule has 4 rings (SSSR count). The first-order valence-corrected chi connectivity index (χ1v) is 9.25. The van der Waals surface area contributed by atoms with Crippen LogP contribution in [0.15, 0.2) is 77.8 Å². The fraction of sp³-hybridized carbons (Fsp3) is 0.174. The van der Waals surface area contributed by atoms with Crippen LogP contribution in [0.1, 0.15) is 16.7 Å². The summed E-state index contributed by atoms with van der Waals surface area (Å²) in [6.45, 7) is 1.80. The summed E-state index contributed by atoms with van der Waals surface area (Å²) in [6.07, 6.45) is -4.81. The molecule has 0 unspecified atom stereocenters. The Morgan fingerprint density at radius 3 is 2.30 bits per heavy atom. The lowest BCUT2D eigenvalue weighted by Crippen LogP contribution is -2.49. The number of aliphatic imine (C=N–C) groups is 1. The predicted molar refractivity (Wildman–Crippen MR) is 109 cm³/mol. The number of rotatable bonds is 3. The number of halogens is 3. The van der Waals surface area contributed by atoms with Gasteiger partial charge in [-0.2, -0.15) is 13.2 Å². The zero-order valence-corrected chi connectivity index (χ0v) is 16.3. The number of alkyl halides is 3. The Balaban J connectivity index is 1.93. The highest BCUT2D eigenvalue weighted by molar-refractivity contribution is 6.11. The van der Waals surface area contributed by atoms with Crippen LogP contribution in [0, 0.1) is 6.92 Å². The second-order valence-corrected chi connectivity index (χ2v) is 6.92. The molecule has 3 aromatic carbocycles. The summed E-state index contributed by atoms with van der Waals surface area (Å²) in [5.74, 6) is 0.471. The first-order chi connectivity index (χ1) is 14.3. The SMILES string of the molecule is COc1ccc2c(c1)O[C@@](c1ccc(C)cc1)(C(F)(F)F)N=C2Nc1ccccc1. The molecule has 0 saturated carbocycles. The van der Waals surface area contributed by atoms with E-state index in [1.54, 1.807) is 55.5 Å². The molecule has 0 bridgehead atoms. The third kappa shape index (κ3) is 3.47. The van der Waals surface area contributed by atoms with E-state index in [2.05, 4.69) is 10.3 Å². The number of fused-ring (bicyclic) bond motifs is 1. The lowest BCUT2D eigenvalue weighted by Gasteiger charge is -2.37. The normalized spacial score (nSPS) is 18.1. The maximum atomic E-state index is 14.5. The van der Waals surface area contributed by atoms with Crippen molar-refractivity contribution in [2.75, 3.05) is 12.4 Å². The lowest BCUT2D eigenvalue weighted by atomic mass is 9.98. The molecule has 1 N–H and O–H groups in total. The van der Waals surface area contributed by atoms with Gasteiger partial charge in [-0.15, -0.1) is 0 Å². The van der Waals surface area contributed by atoms with Crippen LogP contribution in [0.4, 0.5) is 18.9 Å². The summed E-state index contributed by atoms with van der Waals surface area (Å²) in [5.41, 5.74) is -1.15. The van der Waals surface area contributed by atoms with Crippen molar-refractivity contribution in [3.8, 4) is 11.5 Å². The first kappa shape index (κ1) is 19.8. The maximum absolute atomic E-state index is 14.5. The molecule has 30 heavy (non-hydrogen) atoms. The predicted octanol–water partition coefficient (Wildman–Crippen LogP) is 5.67. The number of aryl methyl sites for hydroxylation is 1. The van der Waals surface area contributed by atoms with Crippen molar-refractivity contribution in [2.45, 2.75) is 18.8 Å². The largest absolute Gasteiger partial charge is 0.497 e. The Hall–Kier alpha value is -3.48. The van der Waals surface area contributed by atoms with Crippen LogP contribution in [0.3, 0.4) is 0 Å². The topological polar surface area (TPSA) is 42.9 Å². The Kier molecular flexibility index (Phi) is 4.89. The molecule has 7 heteroatoms. The highest BCUT2D eigenvalue weighted by atomic mass is 19.4. The lowest BCUT2D eigenvalue weighted by molar-refractivity contribution is -0.252. The molecule has 0 amide bonds. The summed E-state index contributed by atoms with van der Waals surface area (Å²) in [6, 6.07) is 19.6. The molecule has 0 fully saturated rings. The number of hydrogen-bond donors (Lipinski definition) is 1. The molecular weight excluding hydrogens is 393 g/mol. The number of para-hydroxylation sites is 1. The molecule has 1 heterocycles. The minimum Gasteiger partial charge on any atom is -0.497 e. The standard InChI is InChI=1S/C23H19F3N2O2/c1-15-8-10-16(11-9-15)22(23(24,25)26)28-21(27-17-6-4-3-5-7-17)19-13-12-18(29-2)14-20(19)30-22/h3-14H,1-2H3,(H,27,28)/t22-/m0/s1. The number of methoxy groups -OCH3 is 1. The maximum Gasteiger partial charge on any atom is 0.455 e. The van der Waals surface area contributed by atoms with E-state index in [4.69, 9.17) is 9.47 Å². The van der Waals surface area contributed by atoms with Gasteiger partial charge in [-0.1, -0.05) is 48.0 Å². The molecular formula is C23H19F3N2O2. The molecule has 0 saturated heterocycles. The third-order valence-corrected chi connectivity index (χ3v) is 4.83. The van der Waals surface area contributed by atoms with Crippen LogP contribution < -0.4 is 14.8 Å². The van der Waals surface area contributed by atoms with Gasteiger partial charge in [-0.05, 0) is 31.2 Å². The number of hydrogen-bond acceptors (Lipinski definition) is 4. The van der Waals surface area contributed by atoms with Crippen LogP contribution in [0.25, 0.3) is 0 Å². The number of anilines is 1. The van der Waals surface area contributed by atoms with Gasteiger partial charge >= 0.3 is 11.9 Å². The van der Waals surface area contributed by atoms with Crippen molar-refractivity contribution in [2.24, 2.45) is 4.99 Å². The first-order valence-electron chi connectivity index (χ1n) is 9.25. The Morgan fingerprint density at radius 2 is 1.67 bits per heavy atom. The van der Waals surface area contributed by atoms with E-state index in [1.807, 2.05) is 6.07 Å². The summed E-state index contributed by atoms with van der Waals surface area (Å²) >= 11 is 0. The zero-order chi connectivity index (χ0) is 21.4. The van der Waals surface area contributed by atoms with E-state index in [-0.39, 0.29) is 17.1 Å². The van der Waals surface area contributed by atoms with Crippen molar-refractivity contribution in [3.63, 3.8) is 0 Å². The average Bonchev–Trinajstić information content (AvgIpc) is 2.73. The Labute approximate surface area is 172 Å². The monoisotopic (exact) mass is 412 g/mol. The third-order valence-electron chi connectivity index (χ3n) is 4.83. The summed E-state index contributed by atoms with van der Waals surface area (Å²) in [4.78, 5) is 4.09. The summed E-state index contributed by atoms with van der Waals surface area (Å²) < 4.78 is 54.2. The molecule has 0 spiro atoms. The second-order valence-electron chi connectivity index (χ2n) is 6.92. The van der Waals surface area contributed by atoms with Gasteiger partial charge in [-0.25, -0.2) is 4.99 Å². The van der Waals surface area contributed by atoms with Gasteiger partial charge in [0.15, 0.2) is 0 Å². The van der Waals surface area contributed by atoms with Crippen molar-refractivity contribution in [1.29, 1.82) is 0 Å². The van der Waals surface area contributed by atoms with Crippen molar-refractivity contribution in [1.82, 2.24) is 0 Å². The Bertz CT molecular complexity index is 1080. The molecule has 0 radical (unpaired) electrons. The second kappa shape index (κ2) is 7.40. The molecule has 4 nitrogen and oxygen atoms in total. The van der Waals surface area contributed by atoms with Gasteiger partial charge in [0.05, 0.1) is 12.7 Å². The average molecular weight is 412 g/mol. The van der Waals surface area contributed by atoms with Gasteiger partial charge in [0.2, 0.25) is 0 Å². The number of nitrogens with zero attached hydrogens (tertiary/aromatic N) is 1. The van der Waals surface area contributed by atoms with E-state index < -0.39 is 11.9 Å². The molecule has 0 aliphatic carbocycles. The van der Waals surface area contributed by atoms with E-state index in [0.717, 1.165) is 5.56 Å². The summed E-state index contributed by atoms with van der Waals surface area (Å²) in [7, 11) is 1.44. The van der Waals surface area contributed by atoms with Crippen LogP contribution in [-0.4, -0.2) is 19.1 Å². The quantitative estimate of drug-likeness (QED) is 0.603. The van der Waals surface area contributed by atoms with Crippen LogP contribution in [0.5, 0.6) is 11.5 Å². The van der Waals surface area contributed by atoms with E-state index in [1.165, 1.54) is 25.3 Å². The molecule has 1 aliphatic heterocycles. The van der Waals surface area contributed by atoms with Gasteiger partial charge < -0.3 is 14.8 Å². The number of ether oxygens (including phenoxy) is 2. The van der Waals surface area contributed by atoms with Crippen molar-refractivity contribution >= 4 is 11.5 Å². The van der Waals surface area contributed by atoms with Crippen molar-refractivity contribution < 1.29 is 22.6 Å². The van der Waals surface area contributed by atoms with Gasteiger partial charge in [0, 0.05) is 17.3 Å². The van der Waals surface area contributed by atoms with E-state index >= 15 is 0 Å². The zero-order valence-electron chi connectivity index (χ0n) is 16.3. The molecule has 1 atom stereocenters. The minimum atomic E-state index is -4.81. The molecule has 154 valence electrons. The van der Waals surface area contributed by atoms with Gasteiger partial charge in [-0.3, -0.25) is 0 Å². The van der Waals surface area contributed by atoms with E-state index in [9.17, 15) is 13.2 Å². The van der Waals surface area contributed by atoms with Crippen LogP contribution >= 0.6 is 0 Å². The Morgan fingerprint density at radius 1 is 0.967 bits per heavy atom. The number of benzene rings is 3. The van der Waals surface area contributed by atoms with Gasteiger partial charge in [0.1, 0.15) is 17.3 Å². The van der Waals surface area contributed by atoms with Crippen LogP contribution in [-0.2, 0) is 5.72 Å². The fourth-order valence-electron chi connectivity index (χ4n) is 3.25. The van der Waals surface area contributed by atoms with Crippen molar-refractivity contribution in [3.05, 3.63) is 89.5 Å². The number of nitrogens with one attached hydrogen (secondary N) is 1. The highest BCUT2D eigenvalue weighted by Gasteiger charge is 2.61. The van der Waals surface area contributed by atoms with E-state index in [0.29, 0.717) is 17.0 Å². The number of amidine groups is 1. The fourth-order valence-corrected chi connectivity index (χ4v) is 3.25.